The molecule has 0 aliphatic heterocycles. The molecule has 2 heterocycles. The van der Waals surface area contributed by atoms with Gasteiger partial charge in [-0.3, -0.25) is 0 Å². The van der Waals surface area contributed by atoms with Crippen molar-refractivity contribution in [2.75, 3.05) is 5.32 Å². The molecule has 0 amide bonds. The third kappa shape index (κ3) is 2.05. The SMILES string of the molecule is Cc1cc(Cl)ccc1Nc1ncnc2sccc12. The van der Waals surface area contributed by atoms with E-state index in [-0.39, 0.29) is 0 Å². The summed E-state index contributed by atoms with van der Waals surface area (Å²) in [5.74, 6) is 0.826. The predicted octanol–water partition coefficient (Wildman–Crippen LogP) is 4.40. The van der Waals surface area contributed by atoms with E-state index >= 15 is 0 Å². The highest BCUT2D eigenvalue weighted by molar-refractivity contribution is 7.16. The molecule has 0 radical (unpaired) electrons. The molecule has 1 aromatic carbocycles. The first-order chi connectivity index (χ1) is 8.74. The quantitative estimate of drug-likeness (QED) is 0.753. The van der Waals surface area contributed by atoms with E-state index in [4.69, 9.17) is 11.6 Å². The molecule has 0 saturated carbocycles. The van der Waals surface area contributed by atoms with Crippen LogP contribution in [-0.4, -0.2) is 9.97 Å². The molecule has 1 N–H and O–H groups in total. The molecule has 3 rings (SSSR count). The number of anilines is 2. The van der Waals surface area contributed by atoms with E-state index in [9.17, 15) is 0 Å². The average Bonchev–Trinajstić information content (AvgIpc) is 2.82. The second kappa shape index (κ2) is 4.55. The molecule has 90 valence electrons. The first-order valence-electron chi connectivity index (χ1n) is 5.45. The average molecular weight is 276 g/mol. The highest BCUT2D eigenvalue weighted by atomic mass is 35.5. The Bertz CT molecular complexity index is 708. The minimum absolute atomic E-state index is 0.737. The monoisotopic (exact) mass is 275 g/mol. The summed E-state index contributed by atoms with van der Waals surface area (Å²) in [5, 5.41) is 7.11. The van der Waals surface area contributed by atoms with E-state index in [0.717, 1.165) is 32.3 Å². The normalized spacial score (nSPS) is 10.8. The van der Waals surface area contributed by atoms with Gasteiger partial charge in [0.25, 0.3) is 0 Å². The number of nitrogens with one attached hydrogen (secondary N) is 1. The molecular formula is C13H10ClN3S. The summed E-state index contributed by atoms with van der Waals surface area (Å²) >= 11 is 7.55. The molecule has 0 aliphatic carbocycles. The number of aromatic nitrogens is 2. The Morgan fingerprint density at radius 1 is 1.22 bits per heavy atom. The minimum atomic E-state index is 0.737. The highest BCUT2D eigenvalue weighted by Crippen LogP contribution is 2.28. The van der Waals surface area contributed by atoms with Gasteiger partial charge in [-0.25, -0.2) is 9.97 Å². The maximum atomic E-state index is 5.95. The lowest BCUT2D eigenvalue weighted by Gasteiger charge is -2.09. The van der Waals surface area contributed by atoms with Gasteiger partial charge in [-0.05, 0) is 42.1 Å². The summed E-state index contributed by atoms with van der Waals surface area (Å²) in [6.45, 7) is 2.01. The van der Waals surface area contributed by atoms with Gasteiger partial charge < -0.3 is 5.32 Å². The van der Waals surface area contributed by atoms with Crippen LogP contribution in [-0.2, 0) is 0 Å². The smallest absolute Gasteiger partial charge is 0.142 e. The predicted molar refractivity (Wildman–Crippen MR) is 76.9 cm³/mol. The summed E-state index contributed by atoms with van der Waals surface area (Å²) in [6, 6.07) is 7.77. The summed E-state index contributed by atoms with van der Waals surface area (Å²) in [5.41, 5.74) is 2.09. The van der Waals surface area contributed by atoms with Crippen LogP contribution >= 0.6 is 22.9 Å². The first-order valence-corrected chi connectivity index (χ1v) is 6.71. The zero-order chi connectivity index (χ0) is 12.5. The zero-order valence-corrected chi connectivity index (χ0v) is 11.2. The lowest BCUT2D eigenvalue weighted by molar-refractivity contribution is 1.23. The van der Waals surface area contributed by atoms with Gasteiger partial charge in [0.05, 0.1) is 5.39 Å². The fraction of sp³-hybridized carbons (Fsp3) is 0.0769. The first kappa shape index (κ1) is 11.4. The Morgan fingerprint density at radius 3 is 2.94 bits per heavy atom. The minimum Gasteiger partial charge on any atom is -0.339 e. The maximum Gasteiger partial charge on any atom is 0.142 e. The second-order valence-corrected chi connectivity index (χ2v) is 5.28. The molecule has 0 aliphatic rings. The lowest BCUT2D eigenvalue weighted by Crippen LogP contribution is -1.96. The van der Waals surface area contributed by atoms with Gasteiger partial charge in [0.15, 0.2) is 0 Å². The van der Waals surface area contributed by atoms with E-state index in [1.54, 1.807) is 17.7 Å². The standard InChI is InChI=1S/C13H10ClN3S/c1-8-6-9(14)2-3-11(8)17-12-10-4-5-18-13(10)16-7-15-12/h2-7H,1H3,(H,15,16,17). The van der Waals surface area contributed by atoms with Gasteiger partial charge >= 0.3 is 0 Å². The van der Waals surface area contributed by atoms with E-state index in [0.29, 0.717) is 0 Å². The summed E-state index contributed by atoms with van der Waals surface area (Å²) in [7, 11) is 0. The van der Waals surface area contributed by atoms with Gasteiger partial charge in [-0.2, -0.15) is 0 Å². The van der Waals surface area contributed by atoms with Crippen molar-refractivity contribution < 1.29 is 0 Å². The number of fused-ring (bicyclic) bond motifs is 1. The maximum absolute atomic E-state index is 5.95. The summed E-state index contributed by atoms with van der Waals surface area (Å²) in [6.07, 6.45) is 1.58. The van der Waals surface area contributed by atoms with Crippen molar-refractivity contribution in [2.24, 2.45) is 0 Å². The van der Waals surface area contributed by atoms with Gasteiger partial charge in [0, 0.05) is 10.7 Å². The van der Waals surface area contributed by atoms with Crippen molar-refractivity contribution in [3.8, 4) is 0 Å². The molecule has 0 saturated heterocycles. The summed E-state index contributed by atoms with van der Waals surface area (Å²) in [4.78, 5) is 9.50. The molecule has 0 spiro atoms. The van der Waals surface area contributed by atoms with E-state index in [1.165, 1.54) is 0 Å². The van der Waals surface area contributed by atoms with E-state index in [1.807, 2.05) is 36.6 Å². The molecular weight excluding hydrogens is 266 g/mol. The molecule has 0 unspecified atom stereocenters. The molecule has 0 fully saturated rings. The number of rotatable bonds is 2. The van der Waals surface area contributed by atoms with Crippen LogP contribution in [0.15, 0.2) is 36.0 Å². The second-order valence-electron chi connectivity index (χ2n) is 3.95. The number of nitrogens with zero attached hydrogens (tertiary/aromatic N) is 2. The van der Waals surface area contributed by atoms with Gasteiger partial charge in [-0.15, -0.1) is 11.3 Å². The van der Waals surface area contributed by atoms with Gasteiger partial charge in [-0.1, -0.05) is 11.6 Å². The number of thiophene rings is 1. The number of benzene rings is 1. The number of halogens is 1. The highest BCUT2D eigenvalue weighted by Gasteiger charge is 2.06. The van der Waals surface area contributed by atoms with Crippen LogP contribution in [0.2, 0.25) is 5.02 Å². The Kier molecular flexibility index (Phi) is 2.89. The molecule has 3 nitrogen and oxygen atoms in total. The Balaban J connectivity index is 2.03. The van der Waals surface area contributed by atoms with Crippen molar-refractivity contribution in [3.05, 3.63) is 46.6 Å². The third-order valence-electron chi connectivity index (χ3n) is 2.70. The Hall–Kier alpha value is -1.65. The van der Waals surface area contributed by atoms with Crippen molar-refractivity contribution in [1.29, 1.82) is 0 Å². The van der Waals surface area contributed by atoms with Crippen molar-refractivity contribution in [3.63, 3.8) is 0 Å². The van der Waals surface area contributed by atoms with Crippen molar-refractivity contribution >= 4 is 44.7 Å². The van der Waals surface area contributed by atoms with Crippen LogP contribution < -0.4 is 5.32 Å². The Labute approximate surface area is 113 Å². The zero-order valence-electron chi connectivity index (χ0n) is 9.64. The largest absolute Gasteiger partial charge is 0.339 e. The number of hydrogen-bond acceptors (Lipinski definition) is 4. The molecule has 5 heteroatoms. The molecule has 3 aromatic rings. The molecule has 18 heavy (non-hydrogen) atoms. The lowest BCUT2D eigenvalue weighted by atomic mass is 10.2. The molecule has 2 aromatic heterocycles. The van der Waals surface area contributed by atoms with Crippen LogP contribution in [0, 0.1) is 6.92 Å². The topological polar surface area (TPSA) is 37.8 Å². The van der Waals surface area contributed by atoms with Crippen LogP contribution in [0.25, 0.3) is 10.2 Å². The Morgan fingerprint density at radius 2 is 2.11 bits per heavy atom. The van der Waals surface area contributed by atoms with Gasteiger partial charge in [0.1, 0.15) is 17.0 Å². The van der Waals surface area contributed by atoms with Crippen LogP contribution in [0.1, 0.15) is 5.56 Å². The fourth-order valence-electron chi connectivity index (χ4n) is 1.78. The number of aryl methyl sites for hydroxylation is 1. The third-order valence-corrected chi connectivity index (χ3v) is 3.76. The van der Waals surface area contributed by atoms with Crippen LogP contribution in [0.3, 0.4) is 0 Å². The van der Waals surface area contributed by atoms with Gasteiger partial charge in [0.2, 0.25) is 0 Å². The van der Waals surface area contributed by atoms with E-state index < -0.39 is 0 Å². The summed E-state index contributed by atoms with van der Waals surface area (Å²) < 4.78 is 0. The van der Waals surface area contributed by atoms with Crippen LogP contribution in [0.5, 0.6) is 0 Å². The molecule has 0 atom stereocenters. The number of hydrogen-bond donors (Lipinski definition) is 1. The van der Waals surface area contributed by atoms with Crippen molar-refractivity contribution in [1.82, 2.24) is 9.97 Å². The van der Waals surface area contributed by atoms with Crippen LogP contribution in [0.4, 0.5) is 11.5 Å². The van der Waals surface area contributed by atoms with E-state index in [2.05, 4.69) is 15.3 Å². The molecule has 0 bridgehead atoms. The van der Waals surface area contributed by atoms with Crippen molar-refractivity contribution in [2.45, 2.75) is 6.92 Å². The fourth-order valence-corrected chi connectivity index (χ4v) is 2.74.